The summed E-state index contributed by atoms with van der Waals surface area (Å²) in [6.45, 7) is 3.30. The van der Waals surface area contributed by atoms with Crippen molar-refractivity contribution in [2.24, 2.45) is 5.92 Å². The third kappa shape index (κ3) is 4.19. The second-order valence-electron chi connectivity index (χ2n) is 6.56. The van der Waals surface area contributed by atoms with Crippen LogP contribution in [0.25, 0.3) is 0 Å². The Morgan fingerprint density at radius 3 is 2.54 bits per heavy atom. The predicted octanol–water partition coefficient (Wildman–Crippen LogP) is 2.04. The van der Waals surface area contributed by atoms with Crippen LogP contribution in [0.3, 0.4) is 0 Å². The van der Waals surface area contributed by atoms with E-state index in [9.17, 15) is 13.2 Å². The number of nitrogens with one attached hydrogen (secondary N) is 1. The minimum Gasteiger partial charge on any atom is -0.355 e. The minimum atomic E-state index is -3.25. The fourth-order valence-electron chi connectivity index (χ4n) is 3.07. The zero-order chi connectivity index (χ0) is 18.7. The molecule has 3 rings (SSSR count). The number of piperidine rings is 1. The minimum absolute atomic E-state index is 0.0287. The summed E-state index contributed by atoms with van der Waals surface area (Å²) < 4.78 is 23.2. The molecule has 1 aromatic heterocycles. The van der Waals surface area contributed by atoms with E-state index in [-0.39, 0.29) is 16.7 Å². The molecule has 0 unspecified atom stereocenters. The number of aromatic nitrogens is 2. The fraction of sp³-hybridized carbons (Fsp3) is 0.389. The van der Waals surface area contributed by atoms with Gasteiger partial charge >= 0.3 is 0 Å². The molecule has 2 heterocycles. The number of hydrogen-bond acceptors (Lipinski definition) is 6. The first-order chi connectivity index (χ1) is 12.3. The monoisotopic (exact) mass is 374 g/mol. The van der Waals surface area contributed by atoms with Gasteiger partial charge in [-0.2, -0.15) is 0 Å². The zero-order valence-electron chi connectivity index (χ0n) is 14.8. The second-order valence-corrected chi connectivity index (χ2v) is 8.58. The van der Waals surface area contributed by atoms with Crippen LogP contribution >= 0.6 is 0 Å². The highest BCUT2D eigenvalue weighted by atomic mass is 32.2. The lowest BCUT2D eigenvalue weighted by molar-refractivity contribution is -0.120. The van der Waals surface area contributed by atoms with Gasteiger partial charge in [-0.1, -0.05) is 0 Å². The molecule has 0 radical (unpaired) electrons. The van der Waals surface area contributed by atoms with Crippen LogP contribution in [0.2, 0.25) is 0 Å². The summed E-state index contributed by atoms with van der Waals surface area (Å²) in [5, 5.41) is 2.93. The summed E-state index contributed by atoms with van der Waals surface area (Å²) in [7, 11) is -3.25. The first-order valence-electron chi connectivity index (χ1n) is 8.47. The van der Waals surface area contributed by atoms with Crippen molar-refractivity contribution in [3.05, 3.63) is 42.4 Å². The van der Waals surface area contributed by atoms with E-state index in [0.717, 1.165) is 37.3 Å². The summed E-state index contributed by atoms with van der Waals surface area (Å²) in [6.07, 6.45) is 7.68. The van der Waals surface area contributed by atoms with E-state index in [0.29, 0.717) is 5.69 Å². The fourth-order valence-corrected chi connectivity index (χ4v) is 3.77. The summed E-state index contributed by atoms with van der Waals surface area (Å²) in [4.78, 5) is 23.3. The topological polar surface area (TPSA) is 92.3 Å². The van der Waals surface area contributed by atoms with Crippen molar-refractivity contribution >= 4 is 27.2 Å². The van der Waals surface area contributed by atoms with E-state index in [1.54, 1.807) is 37.6 Å². The molecule has 7 nitrogen and oxygen atoms in total. The highest BCUT2D eigenvalue weighted by molar-refractivity contribution is 7.90. The van der Waals surface area contributed by atoms with Crippen LogP contribution in [0, 0.1) is 12.8 Å². The van der Waals surface area contributed by atoms with Crippen LogP contribution in [-0.2, 0) is 14.6 Å². The maximum atomic E-state index is 12.6. The first kappa shape index (κ1) is 18.3. The van der Waals surface area contributed by atoms with Gasteiger partial charge in [-0.25, -0.2) is 13.4 Å². The molecule has 26 heavy (non-hydrogen) atoms. The van der Waals surface area contributed by atoms with Crippen molar-refractivity contribution < 1.29 is 13.2 Å². The van der Waals surface area contributed by atoms with E-state index in [1.807, 2.05) is 0 Å². The summed E-state index contributed by atoms with van der Waals surface area (Å²) in [5.74, 6) is 0.731. The summed E-state index contributed by atoms with van der Waals surface area (Å²) >= 11 is 0. The van der Waals surface area contributed by atoms with Crippen LogP contribution < -0.4 is 10.2 Å². The zero-order valence-corrected chi connectivity index (χ0v) is 15.7. The Bertz CT molecular complexity index is 892. The van der Waals surface area contributed by atoms with E-state index in [2.05, 4.69) is 20.2 Å². The Kier molecular flexibility index (Phi) is 5.22. The Morgan fingerprint density at radius 1 is 1.23 bits per heavy atom. The number of rotatable bonds is 4. The van der Waals surface area contributed by atoms with Gasteiger partial charge in [-0.05, 0) is 43.5 Å². The molecule has 1 fully saturated rings. The molecule has 1 amide bonds. The van der Waals surface area contributed by atoms with Crippen LogP contribution in [0.15, 0.2) is 41.7 Å². The number of nitrogens with zero attached hydrogens (tertiary/aromatic N) is 3. The van der Waals surface area contributed by atoms with Crippen LogP contribution in [0.1, 0.15) is 18.4 Å². The van der Waals surface area contributed by atoms with Gasteiger partial charge in [0.25, 0.3) is 0 Å². The maximum absolute atomic E-state index is 12.6. The quantitative estimate of drug-likeness (QED) is 0.880. The SMILES string of the molecule is Cc1cc(S(C)(=O)=O)ccc1NC(=O)C1CCN(c2cnccn2)CC1. The molecule has 0 bridgehead atoms. The molecule has 1 aliphatic heterocycles. The number of benzene rings is 1. The molecule has 1 N–H and O–H groups in total. The van der Waals surface area contributed by atoms with Crippen LogP contribution in [0.5, 0.6) is 0 Å². The maximum Gasteiger partial charge on any atom is 0.227 e. The van der Waals surface area contributed by atoms with E-state index >= 15 is 0 Å². The average Bonchev–Trinajstić information content (AvgIpc) is 2.63. The number of carbonyl (C=O) groups is 1. The molecule has 1 saturated heterocycles. The van der Waals surface area contributed by atoms with Gasteiger partial charge in [0.1, 0.15) is 5.82 Å². The van der Waals surface area contributed by atoms with Gasteiger partial charge < -0.3 is 10.2 Å². The van der Waals surface area contributed by atoms with Crippen LogP contribution in [0.4, 0.5) is 11.5 Å². The Morgan fingerprint density at radius 2 is 1.96 bits per heavy atom. The van der Waals surface area contributed by atoms with Gasteiger partial charge in [0, 0.05) is 43.3 Å². The highest BCUT2D eigenvalue weighted by Crippen LogP contribution is 2.24. The Labute approximate surface area is 153 Å². The number of sulfone groups is 1. The first-order valence-corrected chi connectivity index (χ1v) is 10.4. The Balaban J connectivity index is 1.61. The van der Waals surface area contributed by atoms with Crippen molar-refractivity contribution in [1.29, 1.82) is 0 Å². The molecule has 2 aromatic rings. The van der Waals surface area contributed by atoms with E-state index < -0.39 is 9.84 Å². The number of carbonyl (C=O) groups excluding carboxylic acids is 1. The number of aryl methyl sites for hydroxylation is 1. The largest absolute Gasteiger partial charge is 0.355 e. The van der Waals surface area contributed by atoms with Crippen molar-refractivity contribution in [3.63, 3.8) is 0 Å². The molecule has 0 atom stereocenters. The van der Waals surface area contributed by atoms with E-state index in [1.165, 1.54) is 12.3 Å². The standard InChI is InChI=1S/C18H22N4O3S/c1-13-11-15(26(2,24)25)3-4-16(13)21-18(23)14-5-9-22(10-6-14)17-12-19-7-8-20-17/h3-4,7-8,11-12,14H,5-6,9-10H2,1-2H3,(H,21,23). The smallest absolute Gasteiger partial charge is 0.227 e. The molecular weight excluding hydrogens is 352 g/mol. The molecule has 0 saturated carbocycles. The second kappa shape index (κ2) is 7.41. The lowest BCUT2D eigenvalue weighted by atomic mass is 9.95. The molecule has 1 aromatic carbocycles. The van der Waals surface area contributed by atoms with Gasteiger partial charge in [0.05, 0.1) is 11.1 Å². The highest BCUT2D eigenvalue weighted by Gasteiger charge is 2.26. The van der Waals surface area contributed by atoms with Crippen molar-refractivity contribution in [1.82, 2.24) is 9.97 Å². The molecule has 1 aliphatic rings. The molecule has 0 aliphatic carbocycles. The average molecular weight is 374 g/mol. The molecular formula is C18H22N4O3S. The van der Waals surface area contributed by atoms with Gasteiger partial charge in [-0.3, -0.25) is 9.78 Å². The number of hydrogen-bond donors (Lipinski definition) is 1. The van der Waals surface area contributed by atoms with Gasteiger partial charge in [-0.15, -0.1) is 0 Å². The molecule has 138 valence electrons. The third-order valence-corrected chi connectivity index (χ3v) is 5.73. The molecule has 8 heteroatoms. The van der Waals surface area contributed by atoms with Crippen molar-refractivity contribution in [2.75, 3.05) is 29.6 Å². The van der Waals surface area contributed by atoms with Gasteiger partial charge in [0.2, 0.25) is 5.91 Å². The molecule has 0 spiro atoms. The Hall–Kier alpha value is -2.48. The summed E-state index contributed by atoms with van der Waals surface area (Å²) in [5.41, 5.74) is 1.39. The predicted molar refractivity (Wildman–Crippen MR) is 99.9 cm³/mol. The van der Waals surface area contributed by atoms with Crippen molar-refractivity contribution in [2.45, 2.75) is 24.7 Å². The van der Waals surface area contributed by atoms with Crippen LogP contribution in [-0.4, -0.2) is 43.6 Å². The lowest BCUT2D eigenvalue weighted by Crippen LogP contribution is -2.38. The third-order valence-electron chi connectivity index (χ3n) is 4.62. The normalized spacial score (nSPS) is 15.7. The number of amides is 1. The lowest BCUT2D eigenvalue weighted by Gasteiger charge is -2.31. The van der Waals surface area contributed by atoms with Gasteiger partial charge in [0.15, 0.2) is 9.84 Å². The number of anilines is 2. The van der Waals surface area contributed by atoms with Crippen molar-refractivity contribution in [3.8, 4) is 0 Å². The van der Waals surface area contributed by atoms with E-state index in [4.69, 9.17) is 0 Å². The summed E-state index contributed by atoms with van der Waals surface area (Å²) in [6, 6.07) is 4.76.